The zero-order chi connectivity index (χ0) is 40.0. The van der Waals surface area contributed by atoms with Crippen LogP contribution in [0.1, 0.15) is 290 Å². The average molecular weight is 776 g/mol. The molecule has 2 atom stereocenters. The second-order valence-electron chi connectivity index (χ2n) is 17.6. The topological polar surface area (TPSA) is 69.6 Å². The second-order valence-corrected chi connectivity index (χ2v) is 17.6. The first-order valence-corrected chi connectivity index (χ1v) is 25.4. The molecule has 0 aliphatic carbocycles. The molecule has 0 rings (SSSR count). The molecule has 0 spiro atoms. The summed E-state index contributed by atoms with van der Waals surface area (Å²) in [5, 5.41) is 23.2. The van der Waals surface area contributed by atoms with Crippen LogP contribution >= 0.6 is 0 Å². The number of hydrogen-bond acceptors (Lipinski definition) is 3. The van der Waals surface area contributed by atoms with Crippen molar-refractivity contribution in [3.05, 3.63) is 12.2 Å². The van der Waals surface area contributed by atoms with Crippen molar-refractivity contribution in [2.24, 2.45) is 0 Å². The zero-order valence-electron chi connectivity index (χ0n) is 37.7. The Morgan fingerprint density at radius 2 is 0.691 bits per heavy atom. The molecule has 0 saturated carbocycles. The Balaban J connectivity index is 3.41. The van der Waals surface area contributed by atoms with E-state index in [4.69, 9.17) is 0 Å². The number of aliphatic hydroxyl groups is 2. The van der Waals surface area contributed by atoms with Gasteiger partial charge in [-0.2, -0.15) is 0 Å². The largest absolute Gasteiger partial charge is 0.394 e. The maximum absolute atomic E-state index is 12.4. The fourth-order valence-electron chi connectivity index (χ4n) is 8.12. The molecule has 0 heterocycles. The number of allylic oxidation sites excluding steroid dienone is 2. The van der Waals surface area contributed by atoms with Crippen LogP contribution in [-0.4, -0.2) is 34.9 Å². The maximum Gasteiger partial charge on any atom is 0.220 e. The summed E-state index contributed by atoms with van der Waals surface area (Å²) in [6.07, 6.45) is 60.4. The molecular formula is C51H101NO3. The fourth-order valence-corrected chi connectivity index (χ4v) is 8.12. The van der Waals surface area contributed by atoms with Crippen molar-refractivity contribution in [2.75, 3.05) is 6.61 Å². The summed E-state index contributed by atoms with van der Waals surface area (Å²) in [5.74, 6) is -0.0262. The van der Waals surface area contributed by atoms with Gasteiger partial charge in [-0.15, -0.1) is 0 Å². The lowest BCUT2D eigenvalue weighted by atomic mass is 10.0. The van der Waals surface area contributed by atoms with Crippen LogP contribution in [0.2, 0.25) is 0 Å². The first-order chi connectivity index (χ1) is 27.2. The van der Waals surface area contributed by atoms with E-state index < -0.39 is 12.1 Å². The van der Waals surface area contributed by atoms with Crippen LogP contribution in [-0.2, 0) is 4.79 Å². The van der Waals surface area contributed by atoms with E-state index >= 15 is 0 Å². The minimum Gasteiger partial charge on any atom is -0.394 e. The molecule has 0 radical (unpaired) electrons. The molecule has 3 N–H and O–H groups in total. The number of carbonyl (C=O) groups is 1. The summed E-state index contributed by atoms with van der Waals surface area (Å²) in [5.41, 5.74) is 0. The van der Waals surface area contributed by atoms with Crippen LogP contribution in [0.4, 0.5) is 0 Å². The smallest absolute Gasteiger partial charge is 0.220 e. The van der Waals surface area contributed by atoms with E-state index in [1.807, 2.05) is 0 Å². The van der Waals surface area contributed by atoms with E-state index in [1.165, 1.54) is 238 Å². The normalized spacial score (nSPS) is 12.9. The van der Waals surface area contributed by atoms with E-state index in [0.29, 0.717) is 12.8 Å². The van der Waals surface area contributed by atoms with Gasteiger partial charge in [-0.25, -0.2) is 0 Å². The van der Waals surface area contributed by atoms with Gasteiger partial charge in [0.15, 0.2) is 0 Å². The molecule has 328 valence electrons. The maximum atomic E-state index is 12.4. The van der Waals surface area contributed by atoms with E-state index in [-0.39, 0.29) is 12.5 Å². The van der Waals surface area contributed by atoms with Crippen LogP contribution in [0.3, 0.4) is 0 Å². The molecule has 55 heavy (non-hydrogen) atoms. The lowest BCUT2D eigenvalue weighted by Crippen LogP contribution is -2.45. The average Bonchev–Trinajstić information content (AvgIpc) is 3.19. The highest BCUT2D eigenvalue weighted by Crippen LogP contribution is 2.17. The molecule has 0 aromatic rings. The Morgan fingerprint density at radius 3 is 1.00 bits per heavy atom. The third-order valence-electron chi connectivity index (χ3n) is 12.0. The number of aliphatic hydroxyl groups excluding tert-OH is 2. The molecule has 1 amide bonds. The highest BCUT2D eigenvalue weighted by atomic mass is 16.3. The zero-order valence-corrected chi connectivity index (χ0v) is 37.7. The Morgan fingerprint density at radius 1 is 0.418 bits per heavy atom. The van der Waals surface area contributed by atoms with Crippen molar-refractivity contribution in [3.63, 3.8) is 0 Å². The van der Waals surface area contributed by atoms with Gasteiger partial charge >= 0.3 is 0 Å². The van der Waals surface area contributed by atoms with Crippen LogP contribution in [0.25, 0.3) is 0 Å². The van der Waals surface area contributed by atoms with Crippen molar-refractivity contribution in [2.45, 2.75) is 302 Å². The number of nitrogens with one attached hydrogen (secondary N) is 1. The van der Waals surface area contributed by atoms with Crippen molar-refractivity contribution in [1.29, 1.82) is 0 Å². The monoisotopic (exact) mass is 776 g/mol. The van der Waals surface area contributed by atoms with Gasteiger partial charge in [0.25, 0.3) is 0 Å². The van der Waals surface area contributed by atoms with Crippen molar-refractivity contribution in [3.8, 4) is 0 Å². The van der Waals surface area contributed by atoms with Gasteiger partial charge in [-0.05, 0) is 38.5 Å². The molecule has 0 aromatic carbocycles. The molecule has 0 aliphatic rings. The summed E-state index contributed by atoms with van der Waals surface area (Å²) in [6, 6.07) is -0.531. The lowest BCUT2D eigenvalue weighted by molar-refractivity contribution is -0.123. The van der Waals surface area contributed by atoms with Gasteiger partial charge < -0.3 is 15.5 Å². The molecule has 4 heteroatoms. The minimum absolute atomic E-state index is 0.0262. The number of carbonyl (C=O) groups excluding carboxylic acids is 1. The van der Waals surface area contributed by atoms with Crippen LogP contribution in [0.5, 0.6) is 0 Å². The van der Waals surface area contributed by atoms with E-state index in [0.717, 1.165) is 25.7 Å². The first kappa shape index (κ1) is 54.1. The van der Waals surface area contributed by atoms with Crippen LogP contribution in [0, 0.1) is 0 Å². The minimum atomic E-state index is -0.655. The molecule has 0 fully saturated rings. The predicted molar refractivity (Wildman–Crippen MR) is 244 cm³/mol. The summed E-state index contributed by atoms with van der Waals surface area (Å²) in [6.45, 7) is 4.38. The van der Waals surface area contributed by atoms with Crippen LogP contribution in [0.15, 0.2) is 12.2 Å². The van der Waals surface area contributed by atoms with Crippen LogP contribution < -0.4 is 5.32 Å². The fraction of sp³-hybridized carbons (Fsp3) is 0.941. The Bertz CT molecular complexity index is 754. The molecule has 0 aromatic heterocycles. The van der Waals surface area contributed by atoms with Crippen molar-refractivity contribution in [1.82, 2.24) is 5.32 Å². The molecule has 0 bridgehead atoms. The van der Waals surface area contributed by atoms with Gasteiger partial charge in [0.05, 0.1) is 18.8 Å². The number of amides is 1. The Labute approximate surface area is 346 Å². The SMILES string of the molecule is CCCCCCCCCC/C=C\CCCCCCCCCCCCCCCCCCCC(=O)NC(CO)C(O)CCCCCCCCCCCCCCCC. The number of unbranched alkanes of at least 4 members (excludes halogenated alkanes) is 38. The summed E-state index contributed by atoms with van der Waals surface area (Å²) >= 11 is 0. The Kier molecular flexibility index (Phi) is 46.8. The predicted octanol–water partition coefficient (Wildman–Crippen LogP) is 16.2. The van der Waals surface area contributed by atoms with Crippen molar-refractivity contribution < 1.29 is 15.0 Å². The highest BCUT2D eigenvalue weighted by molar-refractivity contribution is 5.76. The summed E-state index contributed by atoms with van der Waals surface area (Å²) in [4.78, 5) is 12.4. The third-order valence-corrected chi connectivity index (χ3v) is 12.0. The molecular weight excluding hydrogens is 675 g/mol. The third kappa shape index (κ3) is 44.1. The molecule has 2 unspecified atom stereocenters. The highest BCUT2D eigenvalue weighted by Gasteiger charge is 2.20. The quantitative estimate of drug-likeness (QED) is 0.0426. The van der Waals surface area contributed by atoms with E-state index in [9.17, 15) is 15.0 Å². The first-order valence-electron chi connectivity index (χ1n) is 25.4. The van der Waals surface area contributed by atoms with Gasteiger partial charge in [0.2, 0.25) is 5.91 Å². The number of rotatable bonds is 47. The summed E-state index contributed by atoms with van der Waals surface area (Å²) in [7, 11) is 0. The van der Waals surface area contributed by atoms with Gasteiger partial charge in [-0.3, -0.25) is 4.79 Å². The number of hydrogen-bond donors (Lipinski definition) is 3. The molecule has 4 nitrogen and oxygen atoms in total. The standard InChI is InChI=1S/C51H101NO3/c1-3-5-7-9-11-13-15-17-19-20-21-22-23-24-25-26-27-28-29-30-31-32-33-35-37-39-41-43-45-47-51(55)52-49(48-53)50(54)46-44-42-40-38-36-34-18-16-14-12-10-8-6-4-2/h20-21,49-50,53-54H,3-19,22-48H2,1-2H3,(H,52,55)/b21-20-. The van der Waals surface area contributed by atoms with E-state index in [2.05, 4.69) is 31.3 Å². The second kappa shape index (κ2) is 47.5. The lowest BCUT2D eigenvalue weighted by Gasteiger charge is -2.22. The summed E-state index contributed by atoms with van der Waals surface area (Å²) < 4.78 is 0. The van der Waals surface area contributed by atoms with Gasteiger partial charge in [-0.1, -0.05) is 257 Å². The Hall–Kier alpha value is -0.870. The van der Waals surface area contributed by atoms with Crippen molar-refractivity contribution >= 4 is 5.91 Å². The molecule has 0 aliphatic heterocycles. The van der Waals surface area contributed by atoms with Gasteiger partial charge in [0.1, 0.15) is 0 Å². The van der Waals surface area contributed by atoms with E-state index in [1.54, 1.807) is 0 Å². The molecule has 0 saturated heterocycles. The van der Waals surface area contributed by atoms with Gasteiger partial charge in [0, 0.05) is 6.42 Å².